The zero-order valence-electron chi connectivity index (χ0n) is 7.56. The topological polar surface area (TPSA) is 58.9 Å². The van der Waals surface area contributed by atoms with Crippen molar-refractivity contribution < 1.29 is 19.7 Å². The lowest BCUT2D eigenvalue weighted by Crippen LogP contribution is -2.52. The average Bonchev–Trinajstić information content (AvgIpc) is 2.18. The van der Waals surface area contributed by atoms with Crippen molar-refractivity contribution >= 4 is 0 Å². The molecule has 0 aromatic rings. The van der Waals surface area contributed by atoms with Crippen molar-refractivity contribution in [3.8, 4) is 0 Å². The summed E-state index contributed by atoms with van der Waals surface area (Å²) in [6, 6.07) is 0. The van der Waals surface area contributed by atoms with E-state index in [-0.39, 0.29) is 24.9 Å². The summed E-state index contributed by atoms with van der Waals surface area (Å²) in [7, 11) is 0. The van der Waals surface area contributed by atoms with Crippen LogP contribution in [0.1, 0.15) is 19.3 Å². The van der Waals surface area contributed by atoms with Gasteiger partial charge in [-0.3, -0.25) is 0 Å². The van der Waals surface area contributed by atoms with Gasteiger partial charge in [-0.15, -0.1) is 0 Å². The van der Waals surface area contributed by atoms with Gasteiger partial charge in [-0.25, -0.2) is 0 Å². The number of rotatable bonds is 1. The van der Waals surface area contributed by atoms with E-state index in [9.17, 15) is 5.11 Å². The highest BCUT2D eigenvalue weighted by Crippen LogP contribution is 2.28. The number of hydrogen-bond donors (Lipinski definition) is 2. The molecule has 0 radical (unpaired) electrons. The summed E-state index contributed by atoms with van der Waals surface area (Å²) in [6.45, 7) is 0.700. The zero-order valence-corrected chi connectivity index (χ0v) is 7.56. The monoisotopic (exact) mass is 188 g/mol. The third kappa shape index (κ3) is 1.86. The fourth-order valence-electron chi connectivity index (χ4n) is 2.10. The Kier molecular flexibility index (Phi) is 2.83. The molecule has 2 aliphatic heterocycles. The predicted octanol–water partition coefficient (Wildman–Crippen LogP) is -0.324. The van der Waals surface area contributed by atoms with Crippen molar-refractivity contribution in [1.82, 2.24) is 0 Å². The van der Waals surface area contributed by atoms with E-state index in [1.54, 1.807) is 0 Å². The van der Waals surface area contributed by atoms with Crippen LogP contribution in [0, 0.1) is 0 Å². The number of ether oxygens (including phenoxy) is 2. The maximum atomic E-state index is 9.69. The van der Waals surface area contributed by atoms with Gasteiger partial charge in [0.15, 0.2) is 0 Å². The summed E-state index contributed by atoms with van der Waals surface area (Å²) in [6.07, 6.45) is 1.52. The minimum Gasteiger partial charge on any atom is -0.394 e. The van der Waals surface area contributed by atoms with E-state index >= 15 is 0 Å². The number of aliphatic hydroxyl groups excluding tert-OH is 2. The van der Waals surface area contributed by atoms with E-state index in [4.69, 9.17) is 14.6 Å². The highest BCUT2D eigenvalue weighted by molar-refractivity contribution is 4.88. The Morgan fingerprint density at radius 1 is 1.38 bits per heavy atom. The number of fused-ring (bicyclic) bond motifs is 1. The van der Waals surface area contributed by atoms with Crippen LogP contribution in [0.5, 0.6) is 0 Å². The molecule has 4 heteroatoms. The van der Waals surface area contributed by atoms with Crippen LogP contribution >= 0.6 is 0 Å². The van der Waals surface area contributed by atoms with Gasteiger partial charge in [0.1, 0.15) is 6.10 Å². The molecule has 0 saturated carbocycles. The Morgan fingerprint density at radius 2 is 2.23 bits per heavy atom. The Hall–Kier alpha value is -0.160. The van der Waals surface area contributed by atoms with Crippen molar-refractivity contribution in [3.63, 3.8) is 0 Å². The van der Waals surface area contributed by atoms with Gasteiger partial charge in [0.05, 0.1) is 24.9 Å². The van der Waals surface area contributed by atoms with Crippen molar-refractivity contribution in [2.24, 2.45) is 0 Å². The maximum Gasteiger partial charge on any atom is 0.110 e. The summed E-state index contributed by atoms with van der Waals surface area (Å²) in [5, 5.41) is 18.6. The van der Waals surface area contributed by atoms with E-state index < -0.39 is 6.10 Å². The summed E-state index contributed by atoms with van der Waals surface area (Å²) in [4.78, 5) is 0. The van der Waals surface area contributed by atoms with Crippen molar-refractivity contribution in [2.75, 3.05) is 13.2 Å². The minimum atomic E-state index is -0.476. The predicted molar refractivity (Wildman–Crippen MR) is 45.3 cm³/mol. The van der Waals surface area contributed by atoms with E-state index in [1.807, 2.05) is 0 Å². The molecule has 2 rings (SSSR count). The molecule has 0 aromatic heterocycles. The molecule has 0 spiro atoms. The molecule has 2 saturated heterocycles. The molecule has 4 nitrogen and oxygen atoms in total. The highest BCUT2D eigenvalue weighted by atomic mass is 16.6. The fourth-order valence-corrected chi connectivity index (χ4v) is 2.10. The molecule has 0 aliphatic carbocycles. The van der Waals surface area contributed by atoms with Crippen LogP contribution in [-0.2, 0) is 9.47 Å². The SMILES string of the molecule is OCC1CC(O)C2OCCCC2O1. The standard InChI is InChI=1S/C9H16O4/c10-5-6-4-7(11)9-8(13-6)2-1-3-12-9/h6-11H,1-5H2. The van der Waals surface area contributed by atoms with Gasteiger partial charge in [-0.1, -0.05) is 0 Å². The molecule has 2 aliphatic rings. The van der Waals surface area contributed by atoms with Gasteiger partial charge >= 0.3 is 0 Å². The quantitative estimate of drug-likeness (QED) is 0.592. The first-order valence-corrected chi connectivity index (χ1v) is 4.87. The van der Waals surface area contributed by atoms with E-state index in [0.717, 1.165) is 12.8 Å². The second-order valence-electron chi connectivity index (χ2n) is 3.76. The highest BCUT2D eigenvalue weighted by Gasteiger charge is 2.39. The summed E-state index contributed by atoms with van der Waals surface area (Å²) >= 11 is 0. The van der Waals surface area contributed by atoms with Crippen molar-refractivity contribution in [3.05, 3.63) is 0 Å². The molecule has 76 valence electrons. The van der Waals surface area contributed by atoms with E-state index in [1.165, 1.54) is 0 Å². The van der Waals surface area contributed by atoms with Gasteiger partial charge in [0, 0.05) is 13.0 Å². The summed E-state index contributed by atoms with van der Waals surface area (Å²) in [5.74, 6) is 0. The first-order chi connectivity index (χ1) is 6.31. The lowest BCUT2D eigenvalue weighted by molar-refractivity contribution is -0.212. The van der Waals surface area contributed by atoms with Gasteiger partial charge < -0.3 is 19.7 Å². The molecule has 2 heterocycles. The number of hydrogen-bond acceptors (Lipinski definition) is 4. The molecular weight excluding hydrogens is 172 g/mol. The van der Waals surface area contributed by atoms with Crippen LogP contribution in [0.4, 0.5) is 0 Å². The van der Waals surface area contributed by atoms with Gasteiger partial charge in [-0.2, -0.15) is 0 Å². The van der Waals surface area contributed by atoms with Crippen LogP contribution in [0.25, 0.3) is 0 Å². The van der Waals surface area contributed by atoms with Gasteiger partial charge in [0.2, 0.25) is 0 Å². The molecule has 0 amide bonds. The molecule has 13 heavy (non-hydrogen) atoms. The summed E-state index contributed by atoms with van der Waals surface area (Å²) in [5.41, 5.74) is 0. The molecule has 2 fully saturated rings. The first-order valence-electron chi connectivity index (χ1n) is 4.87. The second kappa shape index (κ2) is 3.92. The lowest BCUT2D eigenvalue weighted by Gasteiger charge is -2.41. The van der Waals surface area contributed by atoms with Crippen molar-refractivity contribution in [2.45, 2.75) is 43.7 Å². The van der Waals surface area contributed by atoms with Crippen LogP contribution < -0.4 is 0 Å². The maximum absolute atomic E-state index is 9.69. The Labute approximate surface area is 77.5 Å². The third-order valence-corrected chi connectivity index (χ3v) is 2.76. The molecule has 4 atom stereocenters. The largest absolute Gasteiger partial charge is 0.394 e. The fraction of sp³-hybridized carbons (Fsp3) is 1.00. The zero-order chi connectivity index (χ0) is 9.26. The average molecular weight is 188 g/mol. The minimum absolute atomic E-state index is 0.0136. The van der Waals surface area contributed by atoms with Crippen LogP contribution in [0.2, 0.25) is 0 Å². The first kappa shape index (κ1) is 9.40. The third-order valence-electron chi connectivity index (χ3n) is 2.76. The molecule has 4 unspecified atom stereocenters. The Balaban J connectivity index is 1.99. The van der Waals surface area contributed by atoms with Gasteiger partial charge in [-0.05, 0) is 12.8 Å². The van der Waals surface area contributed by atoms with Gasteiger partial charge in [0.25, 0.3) is 0 Å². The van der Waals surface area contributed by atoms with E-state index in [0.29, 0.717) is 13.0 Å². The van der Waals surface area contributed by atoms with E-state index in [2.05, 4.69) is 0 Å². The molecule has 0 aromatic carbocycles. The molecule has 2 N–H and O–H groups in total. The lowest BCUT2D eigenvalue weighted by atomic mass is 9.93. The van der Waals surface area contributed by atoms with Crippen LogP contribution in [-0.4, -0.2) is 47.8 Å². The summed E-state index contributed by atoms with van der Waals surface area (Å²) < 4.78 is 11.0. The number of aliphatic hydroxyl groups is 2. The smallest absolute Gasteiger partial charge is 0.110 e. The second-order valence-corrected chi connectivity index (χ2v) is 3.76. The van der Waals surface area contributed by atoms with Crippen LogP contribution in [0.3, 0.4) is 0 Å². The van der Waals surface area contributed by atoms with Crippen molar-refractivity contribution in [1.29, 1.82) is 0 Å². The Bertz CT molecular complexity index is 173. The normalized spacial score (nSPS) is 45.7. The Morgan fingerprint density at radius 3 is 3.00 bits per heavy atom. The molecular formula is C9H16O4. The van der Waals surface area contributed by atoms with Crippen LogP contribution in [0.15, 0.2) is 0 Å². The molecule has 0 bridgehead atoms.